The molecule has 0 radical (unpaired) electrons. The summed E-state index contributed by atoms with van der Waals surface area (Å²) in [7, 11) is 1.60. The van der Waals surface area contributed by atoms with Crippen LogP contribution in [0.25, 0.3) is 10.8 Å². The predicted molar refractivity (Wildman–Crippen MR) is 123 cm³/mol. The van der Waals surface area contributed by atoms with Gasteiger partial charge in [-0.2, -0.15) is 0 Å². The number of nitrogens with zero attached hydrogens (tertiary/aromatic N) is 1. The molecular weight excluding hydrogens is 406 g/mol. The maximum atomic E-state index is 12.7. The molecule has 164 valence electrons. The number of hydrogen-bond donors (Lipinski definition) is 2. The van der Waals surface area contributed by atoms with Gasteiger partial charge in [-0.15, -0.1) is 0 Å². The molecule has 32 heavy (non-hydrogen) atoms. The molecule has 1 unspecified atom stereocenters. The molecule has 1 aliphatic heterocycles. The maximum absolute atomic E-state index is 12.7. The van der Waals surface area contributed by atoms with E-state index in [4.69, 9.17) is 4.74 Å². The largest absolute Gasteiger partial charge is 0.497 e. The second-order valence-electron chi connectivity index (χ2n) is 7.70. The zero-order valence-electron chi connectivity index (χ0n) is 17.8. The van der Waals surface area contributed by atoms with E-state index in [2.05, 4.69) is 10.6 Å². The number of anilines is 1. The van der Waals surface area contributed by atoms with Gasteiger partial charge >= 0.3 is 6.03 Å². The van der Waals surface area contributed by atoms with E-state index in [1.165, 1.54) is 4.90 Å². The first-order chi connectivity index (χ1) is 15.5. The number of amides is 4. The summed E-state index contributed by atoms with van der Waals surface area (Å²) >= 11 is 0. The van der Waals surface area contributed by atoms with Crippen molar-refractivity contribution in [1.82, 2.24) is 10.2 Å². The van der Waals surface area contributed by atoms with Crippen LogP contribution in [-0.2, 0) is 16.0 Å². The number of ether oxygens (including phenoxy) is 1. The summed E-state index contributed by atoms with van der Waals surface area (Å²) in [6, 6.07) is 19.9. The number of hydrogen-bond acceptors (Lipinski definition) is 4. The summed E-state index contributed by atoms with van der Waals surface area (Å²) in [6.45, 7) is 0.287. The number of rotatable bonds is 8. The molecule has 3 aromatic rings. The van der Waals surface area contributed by atoms with E-state index in [-0.39, 0.29) is 31.2 Å². The number of imide groups is 1. The Labute approximate surface area is 186 Å². The number of carbonyl (C=O) groups excluding carboxylic acids is 3. The maximum Gasteiger partial charge on any atom is 0.324 e. The van der Waals surface area contributed by atoms with Crippen molar-refractivity contribution in [3.63, 3.8) is 0 Å². The molecule has 0 aliphatic carbocycles. The quantitative estimate of drug-likeness (QED) is 0.532. The minimum absolute atomic E-state index is 0.131. The van der Waals surface area contributed by atoms with Crippen molar-refractivity contribution in [2.24, 2.45) is 0 Å². The van der Waals surface area contributed by atoms with Crippen LogP contribution in [0.2, 0.25) is 0 Å². The lowest BCUT2D eigenvalue weighted by Crippen LogP contribution is -2.33. The van der Waals surface area contributed by atoms with Crippen LogP contribution >= 0.6 is 0 Å². The van der Waals surface area contributed by atoms with Crippen molar-refractivity contribution in [2.75, 3.05) is 19.0 Å². The van der Waals surface area contributed by atoms with Crippen LogP contribution in [-0.4, -0.2) is 42.4 Å². The molecule has 1 heterocycles. The Balaban J connectivity index is 1.30. The van der Waals surface area contributed by atoms with Gasteiger partial charge in [0.2, 0.25) is 5.91 Å². The molecule has 2 N–H and O–H groups in total. The third kappa shape index (κ3) is 4.72. The average Bonchev–Trinajstić information content (AvgIpc) is 3.09. The topological polar surface area (TPSA) is 87.7 Å². The highest BCUT2D eigenvalue weighted by Gasteiger charge is 2.37. The Hall–Kier alpha value is -3.87. The zero-order chi connectivity index (χ0) is 22.5. The summed E-state index contributed by atoms with van der Waals surface area (Å²) in [5.41, 5.74) is 1.74. The van der Waals surface area contributed by atoms with Crippen LogP contribution < -0.4 is 15.4 Å². The van der Waals surface area contributed by atoms with Crippen LogP contribution in [0.1, 0.15) is 18.4 Å². The van der Waals surface area contributed by atoms with Gasteiger partial charge in [0.1, 0.15) is 11.8 Å². The lowest BCUT2D eigenvalue weighted by atomic mass is 10.1. The Morgan fingerprint density at radius 3 is 2.56 bits per heavy atom. The highest BCUT2D eigenvalue weighted by molar-refractivity contribution is 6.05. The first-order valence-electron chi connectivity index (χ1n) is 10.6. The fourth-order valence-corrected chi connectivity index (χ4v) is 3.84. The highest BCUT2D eigenvalue weighted by atomic mass is 16.5. The van der Waals surface area contributed by atoms with Gasteiger partial charge in [-0.25, -0.2) is 4.79 Å². The first-order valence-corrected chi connectivity index (χ1v) is 10.6. The van der Waals surface area contributed by atoms with Gasteiger partial charge in [0, 0.05) is 24.0 Å². The predicted octanol–water partition coefficient (Wildman–Crippen LogP) is 3.73. The first kappa shape index (κ1) is 21.4. The van der Waals surface area contributed by atoms with Gasteiger partial charge in [0.25, 0.3) is 5.91 Å². The molecule has 1 atom stereocenters. The monoisotopic (exact) mass is 431 g/mol. The lowest BCUT2D eigenvalue weighted by molar-refractivity contribution is -0.127. The molecule has 4 amide bonds. The van der Waals surface area contributed by atoms with Gasteiger partial charge in [-0.05, 0) is 42.0 Å². The second-order valence-corrected chi connectivity index (χ2v) is 7.70. The molecule has 0 bridgehead atoms. The van der Waals surface area contributed by atoms with Gasteiger partial charge in [0.15, 0.2) is 0 Å². The van der Waals surface area contributed by atoms with E-state index in [9.17, 15) is 14.4 Å². The third-order valence-corrected chi connectivity index (χ3v) is 5.61. The smallest absolute Gasteiger partial charge is 0.324 e. The van der Waals surface area contributed by atoms with E-state index < -0.39 is 12.1 Å². The van der Waals surface area contributed by atoms with Crippen molar-refractivity contribution in [2.45, 2.75) is 25.3 Å². The molecule has 1 fully saturated rings. The SMILES string of the molecule is COc1ccc(CCN2C(=O)NC(CCC(=O)Nc3cccc4ccccc34)C2=O)cc1. The fraction of sp³-hybridized carbons (Fsp3) is 0.240. The Bertz CT molecular complexity index is 1140. The number of benzene rings is 3. The Kier molecular flexibility index (Phi) is 6.35. The summed E-state index contributed by atoms with van der Waals surface area (Å²) < 4.78 is 5.14. The summed E-state index contributed by atoms with van der Waals surface area (Å²) in [5.74, 6) is 0.271. The van der Waals surface area contributed by atoms with Gasteiger partial charge in [-0.3, -0.25) is 14.5 Å². The number of carbonyl (C=O) groups is 3. The molecule has 0 saturated carbocycles. The molecule has 1 aliphatic rings. The van der Waals surface area contributed by atoms with Gasteiger partial charge < -0.3 is 15.4 Å². The van der Waals surface area contributed by atoms with Crippen LogP contribution in [0.3, 0.4) is 0 Å². The zero-order valence-corrected chi connectivity index (χ0v) is 17.8. The third-order valence-electron chi connectivity index (χ3n) is 5.61. The molecule has 0 spiro atoms. The van der Waals surface area contributed by atoms with Crippen molar-refractivity contribution >= 4 is 34.3 Å². The second kappa shape index (κ2) is 9.51. The van der Waals surface area contributed by atoms with Crippen LogP contribution in [0.4, 0.5) is 10.5 Å². The van der Waals surface area contributed by atoms with E-state index in [0.29, 0.717) is 6.42 Å². The number of urea groups is 1. The van der Waals surface area contributed by atoms with Crippen LogP contribution in [0, 0.1) is 0 Å². The molecule has 7 heteroatoms. The molecular formula is C25H25N3O4. The van der Waals surface area contributed by atoms with E-state index >= 15 is 0 Å². The van der Waals surface area contributed by atoms with Crippen LogP contribution in [0.5, 0.6) is 5.75 Å². The molecule has 1 saturated heterocycles. The molecule has 4 rings (SSSR count). The summed E-state index contributed by atoms with van der Waals surface area (Å²) in [4.78, 5) is 38.7. The van der Waals surface area contributed by atoms with E-state index in [1.54, 1.807) is 7.11 Å². The van der Waals surface area contributed by atoms with Gasteiger partial charge in [-0.1, -0.05) is 48.5 Å². The minimum atomic E-state index is -0.684. The number of methoxy groups -OCH3 is 1. The molecule has 0 aromatic heterocycles. The minimum Gasteiger partial charge on any atom is -0.497 e. The fourth-order valence-electron chi connectivity index (χ4n) is 3.84. The normalized spacial score (nSPS) is 15.7. The van der Waals surface area contributed by atoms with Crippen molar-refractivity contribution in [3.05, 3.63) is 72.3 Å². The number of nitrogens with one attached hydrogen (secondary N) is 2. The van der Waals surface area contributed by atoms with Crippen molar-refractivity contribution < 1.29 is 19.1 Å². The average molecular weight is 431 g/mol. The van der Waals surface area contributed by atoms with Crippen molar-refractivity contribution in [1.29, 1.82) is 0 Å². The molecule has 3 aromatic carbocycles. The van der Waals surface area contributed by atoms with E-state index in [0.717, 1.165) is 27.8 Å². The Morgan fingerprint density at radius 1 is 1.03 bits per heavy atom. The van der Waals surface area contributed by atoms with Crippen molar-refractivity contribution in [3.8, 4) is 5.75 Å². The lowest BCUT2D eigenvalue weighted by Gasteiger charge is -2.13. The van der Waals surface area contributed by atoms with Gasteiger partial charge in [0.05, 0.1) is 7.11 Å². The number of fused-ring (bicyclic) bond motifs is 1. The highest BCUT2D eigenvalue weighted by Crippen LogP contribution is 2.23. The van der Waals surface area contributed by atoms with E-state index in [1.807, 2.05) is 66.7 Å². The summed E-state index contributed by atoms with van der Waals surface area (Å²) in [5, 5.41) is 7.60. The van der Waals surface area contributed by atoms with Crippen LogP contribution in [0.15, 0.2) is 66.7 Å². The standard InChI is InChI=1S/C25H25N3O4/c1-32-19-11-9-17(10-12-19)15-16-28-24(30)22(27-25(28)31)13-14-23(29)26-21-8-4-6-18-5-2-3-7-20(18)21/h2-12,22H,13-16H2,1H3,(H,26,29)(H,27,31). The summed E-state index contributed by atoms with van der Waals surface area (Å²) in [6.07, 6.45) is 0.934. The Morgan fingerprint density at radius 2 is 1.78 bits per heavy atom. The molecule has 7 nitrogen and oxygen atoms in total.